The van der Waals surface area contributed by atoms with Crippen molar-refractivity contribution in [2.24, 2.45) is 0 Å². The summed E-state index contributed by atoms with van der Waals surface area (Å²) in [5.41, 5.74) is 2.52. The molecule has 4 rings (SSSR count). The third kappa shape index (κ3) is 2.36. The number of fused-ring (bicyclic) bond motifs is 1. The number of aromatic nitrogens is 3. The van der Waals surface area contributed by atoms with Crippen LogP contribution in [0.25, 0.3) is 33.5 Å². The summed E-state index contributed by atoms with van der Waals surface area (Å²) in [5, 5.41) is 0.424. The summed E-state index contributed by atoms with van der Waals surface area (Å²) in [6, 6.07) is 13.6. The molecule has 0 saturated heterocycles. The van der Waals surface area contributed by atoms with Crippen LogP contribution < -0.4 is 0 Å². The highest BCUT2D eigenvalue weighted by atomic mass is 19.1. The Kier molecular flexibility index (Phi) is 3.12. The molecule has 0 unspecified atom stereocenters. The highest BCUT2D eigenvalue weighted by molar-refractivity contribution is 5.94. The highest BCUT2D eigenvalue weighted by Crippen LogP contribution is 2.29. The molecule has 23 heavy (non-hydrogen) atoms. The van der Waals surface area contributed by atoms with Gasteiger partial charge in [0.05, 0.1) is 11.2 Å². The lowest BCUT2D eigenvalue weighted by Gasteiger charge is -2.03. The number of nitrogens with zero attached hydrogens (tertiary/aromatic N) is 2. The fraction of sp³-hybridized carbons (Fsp3) is 0. The van der Waals surface area contributed by atoms with Crippen LogP contribution in [0.4, 0.5) is 8.78 Å². The second-order valence-corrected chi connectivity index (χ2v) is 5.14. The lowest BCUT2D eigenvalue weighted by Crippen LogP contribution is -1.91. The molecule has 0 saturated carbocycles. The number of hydrogen-bond acceptors (Lipinski definition) is 2. The standard InChI is InChI=1S/C18H11F2N3/c19-12-8-13-14(10-22-17(13)15(20)9-12)18-21-7-6-16(23-18)11-4-2-1-3-5-11/h1-10,22H. The number of aromatic amines is 1. The van der Waals surface area contributed by atoms with Gasteiger partial charge in [-0.3, -0.25) is 0 Å². The van der Waals surface area contributed by atoms with Crippen LogP contribution in [0.3, 0.4) is 0 Å². The minimum atomic E-state index is -0.634. The van der Waals surface area contributed by atoms with Gasteiger partial charge in [0.15, 0.2) is 5.82 Å². The topological polar surface area (TPSA) is 41.6 Å². The van der Waals surface area contributed by atoms with Gasteiger partial charge in [0.1, 0.15) is 11.6 Å². The monoisotopic (exact) mass is 307 g/mol. The summed E-state index contributed by atoms with van der Waals surface area (Å²) in [6.07, 6.45) is 3.23. The Morgan fingerprint density at radius 1 is 0.957 bits per heavy atom. The van der Waals surface area contributed by atoms with Crippen LogP contribution in [0, 0.1) is 11.6 Å². The molecule has 2 aromatic heterocycles. The zero-order valence-corrected chi connectivity index (χ0v) is 11.9. The van der Waals surface area contributed by atoms with Gasteiger partial charge in [0.2, 0.25) is 0 Å². The zero-order chi connectivity index (χ0) is 15.8. The second-order valence-electron chi connectivity index (χ2n) is 5.14. The first-order valence-electron chi connectivity index (χ1n) is 7.07. The Hall–Kier alpha value is -3.08. The molecule has 0 aliphatic carbocycles. The minimum absolute atomic E-state index is 0.245. The summed E-state index contributed by atoms with van der Waals surface area (Å²) in [6.45, 7) is 0. The Morgan fingerprint density at radius 2 is 1.78 bits per heavy atom. The van der Waals surface area contributed by atoms with E-state index in [0.717, 1.165) is 17.3 Å². The minimum Gasteiger partial charge on any atom is -0.358 e. The molecule has 0 spiro atoms. The van der Waals surface area contributed by atoms with E-state index in [0.29, 0.717) is 16.8 Å². The molecule has 0 atom stereocenters. The van der Waals surface area contributed by atoms with Crippen LogP contribution in [0.15, 0.2) is 60.9 Å². The first-order chi connectivity index (χ1) is 11.2. The summed E-state index contributed by atoms with van der Waals surface area (Å²) in [7, 11) is 0. The predicted molar refractivity (Wildman–Crippen MR) is 84.7 cm³/mol. The van der Waals surface area contributed by atoms with E-state index in [1.165, 1.54) is 6.07 Å². The molecule has 2 heterocycles. The molecule has 0 radical (unpaired) electrons. The Labute approximate surface area is 130 Å². The van der Waals surface area contributed by atoms with E-state index in [1.807, 2.05) is 30.3 Å². The summed E-state index contributed by atoms with van der Waals surface area (Å²) in [4.78, 5) is 11.6. The van der Waals surface area contributed by atoms with Gasteiger partial charge in [-0.25, -0.2) is 18.7 Å². The number of nitrogens with one attached hydrogen (secondary N) is 1. The van der Waals surface area contributed by atoms with Crippen molar-refractivity contribution in [2.45, 2.75) is 0 Å². The molecule has 0 aliphatic heterocycles. The van der Waals surface area contributed by atoms with Crippen molar-refractivity contribution in [1.82, 2.24) is 15.0 Å². The van der Waals surface area contributed by atoms with E-state index in [1.54, 1.807) is 18.5 Å². The third-order valence-electron chi connectivity index (χ3n) is 3.67. The molecule has 0 aliphatic rings. The van der Waals surface area contributed by atoms with Gasteiger partial charge in [-0.05, 0) is 12.1 Å². The third-order valence-corrected chi connectivity index (χ3v) is 3.67. The van der Waals surface area contributed by atoms with Gasteiger partial charge >= 0.3 is 0 Å². The van der Waals surface area contributed by atoms with Crippen molar-refractivity contribution in [1.29, 1.82) is 0 Å². The fourth-order valence-corrected chi connectivity index (χ4v) is 2.60. The lowest BCUT2D eigenvalue weighted by atomic mass is 10.1. The van der Waals surface area contributed by atoms with E-state index in [4.69, 9.17) is 0 Å². The van der Waals surface area contributed by atoms with Crippen LogP contribution in [0.1, 0.15) is 0 Å². The van der Waals surface area contributed by atoms with E-state index < -0.39 is 11.6 Å². The Balaban J connectivity index is 1.89. The maximum absolute atomic E-state index is 13.8. The Morgan fingerprint density at radius 3 is 2.61 bits per heavy atom. The average molecular weight is 307 g/mol. The Bertz CT molecular complexity index is 994. The zero-order valence-electron chi connectivity index (χ0n) is 11.9. The van der Waals surface area contributed by atoms with E-state index in [9.17, 15) is 8.78 Å². The van der Waals surface area contributed by atoms with Crippen LogP contribution in [-0.2, 0) is 0 Å². The summed E-state index contributed by atoms with van der Waals surface area (Å²) < 4.78 is 27.3. The quantitative estimate of drug-likeness (QED) is 0.589. The van der Waals surface area contributed by atoms with Crippen molar-refractivity contribution >= 4 is 10.9 Å². The van der Waals surface area contributed by atoms with Gasteiger partial charge in [-0.15, -0.1) is 0 Å². The fourth-order valence-electron chi connectivity index (χ4n) is 2.60. The largest absolute Gasteiger partial charge is 0.358 e. The van der Waals surface area contributed by atoms with Crippen molar-refractivity contribution in [3.63, 3.8) is 0 Å². The molecule has 4 aromatic rings. The molecule has 0 amide bonds. The van der Waals surface area contributed by atoms with Gasteiger partial charge in [0, 0.05) is 35.0 Å². The molecular weight excluding hydrogens is 296 g/mol. The summed E-state index contributed by atoms with van der Waals surface area (Å²) in [5.74, 6) is -0.844. The van der Waals surface area contributed by atoms with Gasteiger partial charge in [-0.2, -0.15) is 0 Å². The first-order valence-corrected chi connectivity index (χ1v) is 7.07. The number of halogens is 2. The molecule has 3 nitrogen and oxygen atoms in total. The molecule has 0 fully saturated rings. The van der Waals surface area contributed by atoms with Crippen molar-refractivity contribution < 1.29 is 8.78 Å². The van der Waals surface area contributed by atoms with Crippen LogP contribution in [-0.4, -0.2) is 15.0 Å². The molecular formula is C18H11F2N3. The maximum Gasteiger partial charge on any atom is 0.161 e. The van der Waals surface area contributed by atoms with Crippen LogP contribution in [0.2, 0.25) is 0 Å². The molecule has 112 valence electrons. The lowest BCUT2D eigenvalue weighted by molar-refractivity contribution is 0.591. The summed E-state index contributed by atoms with van der Waals surface area (Å²) >= 11 is 0. The molecule has 5 heteroatoms. The number of benzene rings is 2. The van der Waals surface area contributed by atoms with Gasteiger partial charge in [-0.1, -0.05) is 30.3 Å². The molecule has 0 bridgehead atoms. The first kappa shape index (κ1) is 13.6. The second kappa shape index (κ2) is 5.28. The van der Waals surface area contributed by atoms with Crippen molar-refractivity contribution in [3.8, 4) is 22.6 Å². The van der Waals surface area contributed by atoms with Crippen LogP contribution >= 0.6 is 0 Å². The predicted octanol–water partition coefficient (Wildman–Crippen LogP) is 4.57. The average Bonchev–Trinajstić information content (AvgIpc) is 3.00. The van der Waals surface area contributed by atoms with Crippen molar-refractivity contribution in [3.05, 3.63) is 72.6 Å². The SMILES string of the molecule is Fc1cc(F)c2[nH]cc(-c3nccc(-c4ccccc4)n3)c2c1. The van der Waals surface area contributed by atoms with Crippen molar-refractivity contribution in [2.75, 3.05) is 0 Å². The van der Waals surface area contributed by atoms with E-state index in [2.05, 4.69) is 15.0 Å². The van der Waals surface area contributed by atoms with E-state index >= 15 is 0 Å². The normalized spacial score (nSPS) is 11.0. The number of rotatable bonds is 2. The van der Waals surface area contributed by atoms with Gasteiger partial charge < -0.3 is 4.98 Å². The molecule has 1 N–H and O–H groups in total. The maximum atomic E-state index is 13.8. The highest BCUT2D eigenvalue weighted by Gasteiger charge is 2.14. The smallest absolute Gasteiger partial charge is 0.161 e. The number of H-pyrrole nitrogens is 1. The van der Waals surface area contributed by atoms with Crippen LogP contribution in [0.5, 0.6) is 0 Å². The van der Waals surface area contributed by atoms with Gasteiger partial charge in [0.25, 0.3) is 0 Å². The molecule has 2 aromatic carbocycles. The van der Waals surface area contributed by atoms with E-state index in [-0.39, 0.29) is 5.52 Å². The number of hydrogen-bond donors (Lipinski definition) is 1.